The quantitative estimate of drug-likeness (QED) is 0.772. The summed E-state index contributed by atoms with van der Waals surface area (Å²) in [5.41, 5.74) is 2.76. The summed E-state index contributed by atoms with van der Waals surface area (Å²) in [5.74, 6) is 1.04. The van der Waals surface area contributed by atoms with E-state index in [1.54, 1.807) is 6.20 Å². The third kappa shape index (κ3) is 2.80. The number of aromatic nitrogens is 2. The van der Waals surface area contributed by atoms with Gasteiger partial charge in [-0.25, -0.2) is 4.98 Å². The van der Waals surface area contributed by atoms with Gasteiger partial charge in [-0.15, -0.1) is 0 Å². The number of amides is 1. The van der Waals surface area contributed by atoms with Gasteiger partial charge in [0.2, 0.25) is 0 Å². The molecule has 0 spiro atoms. The number of piperazine rings is 1. The smallest absolute Gasteiger partial charge is 0.256 e. The van der Waals surface area contributed by atoms with Gasteiger partial charge in [0.1, 0.15) is 0 Å². The Morgan fingerprint density at radius 3 is 2.72 bits per heavy atom. The van der Waals surface area contributed by atoms with Crippen molar-refractivity contribution < 1.29 is 4.79 Å². The van der Waals surface area contributed by atoms with Gasteiger partial charge in [0, 0.05) is 56.5 Å². The Labute approximate surface area is 146 Å². The number of fused-ring (bicyclic) bond motifs is 1. The molecule has 2 N–H and O–H groups in total. The minimum atomic E-state index is 0.0898. The van der Waals surface area contributed by atoms with Gasteiger partial charge >= 0.3 is 0 Å². The zero-order chi connectivity index (χ0) is 17.2. The number of nitrogens with zero attached hydrogens (tertiary/aromatic N) is 3. The molecule has 1 aromatic carbocycles. The molecule has 0 saturated carbocycles. The average Bonchev–Trinajstić information content (AvgIpc) is 3.11. The number of hydrogen-bond donors (Lipinski definition) is 2. The number of benzene rings is 1. The molecule has 0 aliphatic carbocycles. The summed E-state index contributed by atoms with van der Waals surface area (Å²) in [6, 6.07) is 11.9. The lowest BCUT2D eigenvalue weighted by atomic mass is 10.1. The molecular formula is C19H21N5O. The fourth-order valence-corrected chi connectivity index (χ4v) is 3.38. The molecule has 4 rings (SSSR count). The molecule has 1 fully saturated rings. The minimum Gasteiger partial charge on any atom is -0.385 e. The largest absolute Gasteiger partial charge is 0.385 e. The number of nitrogens with one attached hydrogen (secondary N) is 2. The first-order chi connectivity index (χ1) is 12.3. The highest BCUT2D eigenvalue weighted by atomic mass is 16.2. The first-order valence-electron chi connectivity index (χ1n) is 8.51. The third-order valence-corrected chi connectivity index (χ3v) is 4.74. The molecule has 6 heteroatoms. The van der Waals surface area contributed by atoms with Crippen molar-refractivity contribution in [2.75, 3.05) is 43.4 Å². The molecule has 25 heavy (non-hydrogen) atoms. The minimum absolute atomic E-state index is 0.0898. The van der Waals surface area contributed by atoms with E-state index in [4.69, 9.17) is 0 Å². The topological polar surface area (TPSA) is 64.3 Å². The summed E-state index contributed by atoms with van der Waals surface area (Å²) in [5, 5.41) is 4.16. The molecule has 0 unspecified atom stereocenters. The summed E-state index contributed by atoms with van der Waals surface area (Å²) in [4.78, 5) is 24.7. The highest BCUT2D eigenvalue weighted by Crippen LogP contribution is 2.24. The van der Waals surface area contributed by atoms with Crippen LogP contribution in [-0.4, -0.2) is 54.0 Å². The van der Waals surface area contributed by atoms with Crippen molar-refractivity contribution in [3.8, 4) is 0 Å². The van der Waals surface area contributed by atoms with Crippen molar-refractivity contribution in [3.63, 3.8) is 0 Å². The van der Waals surface area contributed by atoms with E-state index in [0.717, 1.165) is 41.1 Å². The first kappa shape index (κ1) is 15.5. The van der Waals surface area contributed by atoms with Gasteiger partial charge in [0.25, 0.3) is 5.91 Å². The molecule has 0 radical (unpaired) electrons. The van der Waals surface area contributed by atoms with E-state index in [2.05, 4.69) is 20.2 Å². The Balaban J connectivity index is 1.49. The second-order valence-electron chi connectivity index (χ2n) is 6.15. The van der Waals surface area contributed by atoms with Gasteiger partial charge in [-0.05, 0) is 18.2 Å². The maximum atomic E-state index is 12.9. The molecule has 0 atom stereocenters. The standard InChI is InChI=1S/C19H21N5O/c1-20-17-7-4-8-21-18(17)23-9-11-24(12-10-23)19(25)15-13-22-16-6-3-2-5-14(15)16/h2-8,13,20,22H,9-12H2,1H3. The average molecular weight is 335 g/mol. The SMILES string of the molecule is CNc1cccnc1N1CCN(C(=O)c2c[nH]c3ccccc23)CC1. The number of aromatic amines is 1. The predicted molar refractivity (Wildman–Crippen MR) is 100 cm³/mol. The molecule has 128 valence electrons. The predicted octanol–water partition coefficient (Wildman–Crippen LogP) is 2.57. The van der Waals surface area contributed by atoms with E-state index < -0.39 is 0 Å². The van der Waals surface area contributed by atoms with Crippen molar-refractivity contribution in [3.05, 3.63) is 54.4 Å². The van der Waals surface area contributed by atoms with Crippen molar-refractivity contribution in [2.24, 2.45) is 0 Å². The Morgan fingerprint density at radius 2 is 1.92 bits per heavy atom. The van der Waals surface area contributed by atoms with Crippen LogP contribution in [0, 0.1) is 0 Å². The van der Waals surface area contributed by atoms with Crippen LogP contribution in [0.1, 0.15) is 10.4 Å². The monoisotopic (exact) mass is 335 g/mol. The van der Waals surface area contributed by atoms with Crippen molar-refractivity contribution in [1.82, 2.24) is 14.9 Å². The van der Waals surface area contributed by atoms with E-state index in [0.29, 0.717) is 13.1 Å². The number of carbonyl (C=O) groups excluding carboxylic acids is 1. The molecular weight excluding hydrogens is 314 g/mol. The van der Waals surface area contributed by atoms with Crippen LogP contribution in [0.3, 0.4) is 0 Å². The zero-order valence-corrected chi connectivity index (χ0v) is 14.2. The highest BCUT2D eigenvalue weighted by molar-refractivity contribution is 6.06. The van der Waals surface area contributed by atoms with Crippen LogP contribution in [0.5, 0.6) is 0 Å². The number of para-hydroxylation sites is 1. The number of rotatable bonds is 3. The van der Waals surface area contributed by atoms with Gasteiger partial charge in [0.05, 0.1) is 11.3 Å². The molecule has 1 saturated heterocycles. The number of carbonyl (C=O) groups is 1. The molecule has 1 amide bonds. The lowest BCUT2D eigenvalue weighted by Gasteiger charge is -2.36. The Morgan fingerprint density at radius 1 is 1.12 bits per heavy atom. The van der Waals surface area contributed by atoms with Crippen molar-refractivity contribution in [2.45, 2.75) is 0 Å². The molecule has 3 aromatic rings. The summed E-state index contributed by atoms with van der Waals surface area (Å²) >= 11 is 0. The van der Waals surface area contributed by atoms with Crippen molar-refractivity contribution in [1.29, 1.82) is 0 Å². The Bertz CT molecular complexity index is 895. The zero-order valence-electron chi connectivity index (χ0n) is 14.2. The van der Waals surface area contributed by atoms with E-state index >= 15 is 0 Å². The van der Waals surface area contributed by atoms with Gasteiger partial charge < -0.3 is 20.1 Å². The van der Waals surface area contributed by atoms with Gasteiger partial charge in [-0.2, -0.15) is 0 Å². The molecule has 1 aliphatic rings. The van der Waals surface area contributed by atoms with Crippen LogP contribution >= 0.6 is 0 Å². The first-order valence-corrected chi connectivity index (χ1v) is 8.51. The number of H-pyrrole nitrogens is 1. The van der Waals surface area contributed by atoms with E-state index in [9.17, 15) is 4.79 Å². The van der Waals surface area contributed by atoms with E-state index in [-0.39, 0.29) is 5.91 Å². The van der Waals surface area contributed by atoms with Crippen LogP contribution in [0.25, 0.3) is 10.9 Å². The maximum Gasteiger partial charge on any atom is 0.256 e. The van der Waals surface area contributed by atoms with Crippen LogP contribution in [0.2, 0.25) is 0 Å². The third-order valence-electron chi connectivity index (χ3n) is 4.74. The van der Waals surface area contributed by atoms with Crippen LogP contribution in [0.15, 0.2) is 48.8 Å². The van der Waals surface area contributed by atoms with Crippen LogP contribution < -0.4 is 10.2 Å². The summed E-state index contributed by atoms with van der Waals surface area (Å²) < 4.78 is 0. The second-order valence-corrected chi connectivity index (χ2v) is 6.15. The lowest BCUT2D eigenvalue weighted by molar-refractivity contribution is 0.0748. The number of pyridine rings is 1. The van der Waals surface area contributed by atoms with Crippen LogP contribution in [-0.2, 0) is 0 Å². The van der Waals surface area contributed by atoms with Gasteiger partial charge in [0.15, 0.2) is 5.82 Å². The summed E-state index contributed by atoms with van der Waals surface area (Å²) in [6.07, 6.45) is 3.62. The highest BCUT2D eigenvalue weighted by Gasteiger charge is 2.25. The Kier molecular flexibility index (Phi) is 4.01. The number of hydrogen-bond acceptors (Lipinski definition) is 4. The van der Waals surface area contributed by atoms with Gasteiger partial charge in [-0.1, -0.05) is 18.2 Å². The molecule has 3 heterocycles. The number of anilines is 2. The Hall–Kier alpha value is -3.02. The fraction of sp³-hybridized carbons (Fsp3) is 0.263. The maximum absolute atomic E-state index is 12.9. The second kappa shape index (κ2) is 6.47. The summed E-state index contributed by atoms with van der Waals surface area (Å²) in [6.45, 7) is 2.94. The van der Waals surface area contributed by atoms with E-state index in [1.807, 2.05) is 54.5 Å². The normalized spacial score (nSPS) is 14.8. The lowest BCUT2D eigenvalue weighted by Crippen LogP contribution is -2.49. The van der Waals surface area contributed by atoms with Gasteiger partial charge in [-0.3, -0.25) is 4.79 Å². The molecule has 6 nitrogen and oxygen atoms in total. The van der Waals surface area contributed by atoms with E-state index in [1.165, 1.54) is 0 Å². The van der Waals surface area contributed by atoms with Crippen LogP contribution in [0.4, 0.5) is 11.5 Å². The molecule has 2 aromatic heterocycles. The molecule has 0 bridgehead atoms. The molecule has 1 aliphatic heterocycles. The summed E-state index contributed by atoms with van der Waals surface area (Å²) in [7, 11) is 1.90. The van der Waals surface area contributed by atoms with Crippen molar-refractivity contribution >= 4 is 28.3 Å². The fourth-order valence-electron chi connectivity index (χ4n) is 3.38.